The zero-order valence-electron chi connectivity index (χ0n) is 11.1. The highest BCUT2D eigenvalue weighted by Gasteiger charge is 2.36. The second kappa shape index (κ2) is 5.94. The van der Waals surface area contributed by atoms with Crippen molar-refractivity contribution in [3.8, 4) is 0 Å². The Bertz CT molecular complexity index is 400. The van der Waals surface area contributed by atoms with Gasteiger partial charge in [-0.05, 0) is 6.92 Å². The lowest BCUT2D eigenvalue weighted by molar-refractivity contribution is -0.108. The van der Waals surface area contributed by atoms with E-state index in [0.717, 1.165) is 0 Å². The van der Waals surface area contributed by atoms with E-state index in [-0.39, 0.29) is 24.3 Å². The highest BCUT2D eigenvalue weighted by molar-refractivity contribution is 5.20. The number of alkyl halides is 2. The van der Waals surface area contributed by atoms with Crippen LogP contribution in [0.15, 0.2) is 30.3 Å². The van der Waals surface area contributed by atoms with E-state index in [1.54, 1.807) is 23.1 Å². The van der Waals surface area contributed by atoms with Gasteiger partial charge in [-0.25, -0.2) is 0 Å². The molecule has 3 nitrogen and oxygen atoms in total. The third kappa shape index (κ3) is 3.72. The first-order valence-electron chi connectivity index (χ1n) is 6.52. The average molecular weight is 270 g/mol. The van der Waals surface area contributed by atoms with Gasteiger partial charge in [0.05, 0.1) is 18.8 Å². The van der Waals surface area contributed by atoms with Crippen LogP contribution in [0.4, 0.5) is 8.78 Å². The molecule has 1 aliphatic rings. The van der Waals surface area contributed by atoms with Gasteiger partial charge in [0.2, 0.25) is 0 Å². The molecule has 2 N–H and O–H groups in total. The second-order valence-electron chi connectivity index (χ2n) is 5.07. The van der Waals surface area contributed by atoms with Gasteiger partial charge in [0, 0.05) is 25.2 Å². The Morgan fingerprint density at radius 3 is 2.63 bits per heavy atom. The molecule has 19 heavy (non-hydrogen) atoms. The van der Waals surface area contributed by atoms with Gasteiger partial charge < -0.3 is 10.5 Å². The lowest BCUT2D eigenvalue weighted by Crippen LogP contribution is -2.51. The molecule has 2 unspecified atom stereocenters. The highest BCUT2D eigenvalue weighted by Crippen LogP contribution is 2.29. The van der Waals surface area contributed by atoms with Crippen LogP contribution in [-0.4, -0.2) is 43.3 Å². The molecule has 1 fully saturated rings. The quantitative estimate of drug-likeness (QED) is 0.907. The van der Waals surface area contributed by atoms with Crippen molar-refractivity contribution in [3.63, 3.8) is 0 Å². The van der Waals surface area contributed by atoms with E-state index < -0.39 is 5.92 Å². The number of nitrogens with two attached hydrogens (primary N) is 1. The van der Waals surface area contributed by atoms with E-state index in [4.69, 9.17) is 10.5 Å². The maximum Gasteiger partial charge on any atom is 0.285 e. The molecule has 0 spiro atoms. The van der Waals surface area contributed by atoms with Crippen LogP contribution in [0.5, 0.6) is 0 Å². The minimum atomic E-state index is -2.85. The lowest BCUT2D eigenvalue weighted by atomic mass is 10.1. The van der Waals surface area contributed by atoms with Gasteiger partial charge in [0.15, 0.2) is 0 Å². The zero-order chi connectivity index (χ0) is 13.9. The summed E-state index contributed by atoms with van der Waals surface area (Å²) in [6.45, 7) is 2.93. The van der Waals surface area contributed by atoms with Gasteiger partial charge in [-0.15, -0.1) is 0 Å². The molecule has 0 bridgehead atoms. The third-order valence-corrected chi connectivity index (χ3v) is 3.28. The number of morpholine rings is 1. The fourth-order valence-electron chi connectivity index (χ4n) is 2.45. The van der Waals surface area contributed by atoms with Crippen LogP contribution in [0.1, 0.15) is 12.5 Å². The number of nitrogens with zero attached hydrogens (tertiary/aromatic N) is 1. The van der Waals surface area contributed by atoms with Gasteiger partial charge in [0.1, 0.15) is 0 Å². The molecule has 1 aromatic rings. The Morgan fingerprint density at radius 1 is 1.32 bits per heavy atom. The van der Waals surface area contributed by atoms with Gasteiger partial charge in [-0.3, -0.25) is 4.90 Å². The normalized spacial score (nSPS) is 25.5. The first-order chi connectivity index (χ1) is 9.01. The smallest absolute Gasteiger partial charge is 0.285 e. The van der Waals surface area contributed by atoms with Gasteiger partial charge >= 0.3 is 0 Å². The number of benzene rings is 1. The number of ether oxygens (including phenoxy) is 1. The summed E-state index contributed by atoms with van der Waals surface area (Å²) in [5.74, 6) is -2.85. The summed E-state index contributed by atoms with van der Waals surface area (Å²) in [6.07, 6.45) is -0.218. The SMILES string of the molecule is CC1CN(CC(F)(F)c2ccccc2)CC(CN)O1. The van der Waals surface area contributed by atoms with E-state index in [1.807, 2.05) is 6.92 Å². The molecule has 0 radical (unpaired) electrons. The van der Waals surface area contributed by atoms with Crippen LogP contribution >= 0.6 is 0 Å². The monoisotopic (exact) mass is 270 g/mol. The Balaban J connectivity index is 2.03. The highest BCUT2D eigenvalue weighted by atomic mass is 19.3. The van der Waals surface area contributed by atoms with Crippen LogP contribution in [-0.2, 0) is 10.7 Å². The number of rotatable bonds is 4. The molecule has 1 saturated heterocycles. The number of hydrogen-bond acceptors (Lipinski definition) is 3. The van der Waals surface area contributed by atoms with Crippen molar-refractivity contribution in [3.05, 3.63) is 35.9 Å². The molecular weight excluding hydrogens is 250 g/mol. The molecule has 0 saturated carbocycles. The first-order valence-corrected chi connectivity index (χ1v) is 6.52. The number of hydrogen-bond donors (Lipinski definition) is 1. The first kappa shape index (κ1) is 14.4. The molecule has 5 heteroatoms. The molecule has 0 aromatic heterocycles. The molecular formula is C14H20F2N2O. The van der Waals surface area contributed by atoms with Gasteiger partial charge in [0.25, 0.3) is 5.92 Å². The minimum Gasteiger partial charge on any atom is -0.371 e. The largest absolute Gasteiger partial charge is 0.371 e. The molecule has 106 valence electrons. The summed E-state index contributed by atoms with van der Waals surface area (Å²) in [4.78, 5) is 1.73. The fraction of sp³-hybridized carbons (Fsp3) is 0.571. The predicted octanol–water partition coefficient (Wildman–Crippen LogP) is 1.83. The van der Waals surface area contributed by atoms with Crippen molar-refractivity contribution >= 4 is 0 Å². The van der Waals surface area contributed by atoms with Crippen LogP contribution < -0.4 is 5.73 Å². The Hall–Kier alpha value is -1.04. The molecule has 0 aliphatic carbocycles. The molecule has 1 aliphatic heterocycles. The van der Waals surface area contributed by atoms with Crippen molar-refractivity contribution in [2.45, 2.75) is 25.1 Å². The zero-order valence-corrected chi connectivity index (χ0v) is 11.1. The van der Waals surface area contributed by atoms with E-state index in [0.29, 0.717) is 19.6 Å². The maximum absolute atomic E-state index is 14.2. The minimum absolute atomic E-state index is 0.0541. The van der Waals surface area contributed by atoms with Crippen molar-refractivity contribution in [1.82, 2.24) is 4.90 Å². The van der Waals surface area contributed by atoms with Crippen molar-refractivity contribution in [2.75, 3.05) is 26.2 Å². The fourth-order valence-corrected chi connectivity index (χ4v) is 2.45. The molecule has 1 aromatic carbocycles. The van der Waals surface area contributed by atoms with Crippen LogP contribution in [0.25, 0.3) is 0 Å². The summed E-state index contributed by atoms with van der Waals surface area (Å²) in [7, 11) is 0. The number of halogens is 2. The van der Waals surface area contributed by atoms with E-state index in [2.05, 4.69) is 0 Å². The second-order valence-corrected chi connectivity index (χ2v) is 5.07. The topological polar surface area (TPSA) is 38.5 Å². The summed E-state index contributed by atoms with van der Waals surface area (Å²) in [5, 5.41) is 0. The predicted molar refractivity (Wildman–Crippen MR) is 70.2 cm³/mol. The van der Waals surface area contributed by atoms with Crippen LogP contribution in [0.2, 0.25) is 0 Å². The van der Waals surface area contributed by atoms with E-state index in [9.17, 15) is 8.78 Å². The summed E-state index contributed by atoms with van der Waals surface area (Å²) >= 11 is 0. The van der Waals surface area contributed by atoms with Crippen LogP contribution in [0.3, 0.4) is 0 Å². The Kier molecular flexibility index (Phi) is 4.50. The van der Waals surface area contributed by atoms with E-state index >= 15 is 0 Å². The van der Waals surface area contributed by atoms with Crippen molar-refractivity contribution < 1.29 is 13.5 Å². The van der Waals surface area contributed by atoms with Crippen molar-refractivity contribution in [1.29, 1.82) is 0 Å². The summed E-state index contributed by atoms with van der Waals surface area (Å²) in [5.41, 5.74) is 5.62. The standard InChI is InChI=1S/C14H20F2N2O/c1-11-8-18(9-13(7-17)19-11)10-14(15,16)12-5-3-2-4-6-12/h2-6,11,13H,7-10,17H2,1H3. The van der Waals surface area contributed by atoms with Gasteiger partial charge in [-0.1, -0.05) is 30.3 Å². The lowest BCUT2D eigenvalue weighted by Gasteiger charge is -2.37. The Labute approximate surface area is 112 Å². The van der Waals surface area contributed by atoms with Crippen molar-refractivity contribution in [2.24, 2.45) is 5.73 Å². The third-order valence-electron chi connectivity index (χ3n) is 3.28. The maximum atomic E-state index is 14.2. The van der Waals surface area contributed by atoms with Gasteiger partial charge in [-0.2, -0.15) is 8.78 Å². The average Bonchev–Trinajstić information content (AvgIpc) is 2.38. The molecule has 1 heterocycles. The van der Waals surface area contributed by atoms with Crippen LogP contribution in [0, 0.1) is 0 Å². The Morgan fingerprint density at radius 2 is 2.00 bits per heavy atom. The molecule has 0 amide bonds. The summed E-state index contributed by atoms with van der Waals surface area (Å²) < 4.78 is 33.9. The summed E-state index contributed by atoms with van der Waals surface area (Å²) in [6, 6.07) is 7.93. The van der Waals surface area contributed by atoms with E-state index in [1.165, 1.54) is 12.1 Å². The molecule has 2 atom stereocenters. The molecule has 2 rings (SSSR count).